The quantitative estimate of drug-likeness (QED) is 0.458. The van der Waals surface area contributed by atoms with E-state index in [1.54, 1.807) is 6.92 Å². The summed E-state index contributed by atoms with van der Waals surface area (Å²) in [6.07, 6.45) is 1.18. The van der Waals surface area contributed by atoms with Crippen LogP contribution in [0.15, 0.2) is 9.79 Å². The lowest BCUT2D eigenvalue weighted by Gasteiger charge is -1.95. The highest BCUT2D eigenvalue weighted by Crippen LogP contribution is 2.02. The third-order valence-corrected chi connectivity index (χ3v) is 1.48. The molecule has 15 heavy (non-hydrogen) atoms. The molecule has 1 aromatic heterocycles. The maximum Gasteiger partial charge on any atom is 0.327 e. The number of rotatable bonds is 4. The molecule has 0 radical (unpaired) electrons. The van der Waals surface area contributed by atoms with E-state index in [4.69, 9.17) is 5.11 Å². The van der Waals surface area contributed by atoms with Gasteiger partial charge < -0.3 is 14.8 Å². The van der Waals surface area contributed by atoms with Gasteiger partial charge in [-0.2, -0.15) is 0 Å². The molecule has 7 heteroatoms. The van der Waals surface area contributed by atoms with Gasteiger partial charge in [0.05, 0.1) is 12.8 Å². The number of carbonyl (C=O) groups is 1. The topological polar surface area (TPSA) is 108 Å². The minimum atomic E-state index is -0.537. The van der Waals surface area contributed by atoms with Crippen LogP contribution >= 0.6 is 0 Å². The lowest BCUT2D eigenvalue weighted by molar-refractivity contribution is -0.141. The summed E-state index contributed by atoms with van der Waals surface area (Å²) in [7, 11) is 0. The minimum absolute atomic E-state index is 0.129. The number of nitrogens with zero attached hydrogens (tertiary/aromatic N) is 1. The highest BCUT2D eigenvalue weighted by Gasteiger charge is 2.02. The number of carbonyl (C=O) groups excluding carboxylic acids is 1. The molecule has 0 amide bonds. The van der Waals surface area contributed by atoms with Crippen molar-refractivity contribution in [2.45, 2.75) is 6.92 Å². The molecule has 0 saturated heterocycles. The number of aliphatic imine (C=N–C) groups is 1. The van der Waals surface area contributed by atoms with Gasteiger partial charge in [-0.05, 0) is 6.92 Å². The van der Waals surface area contributed by atoms with Crippen molar-refractivity contribution in [2.75, 3.05) is 13.2 Å². The number of nitrogens with one attached hydrogen (secondary N) is 2. The van der Waals surface area contributed by atoms with Gasteiger partial charge in [-0.1, -0.05) is 0 Å². The summed E-state index contributed by atoms with van der Waals surface area (Å²) < 4.78 is 4.62. The molecule has 7 nitrogen and oxygen atoms in total. The summed E-state index contributed by atoms with van der Waals surface area (Å²) in [5.41, 5.74) is -0.408. The smallest absolute Gasteiger partial charge is 0.327 e. The second-order valence-corrected chi connectivity index (χ2v) is 2.62. The Morgan fingerprint density at radius 1 is 1.60 bits per heavy atom. The van der Waals surface area contributed by atoms with Gasteiger partial charge in [0.25, 0.3) is 0 Å². The molecule has 0 aliphatic heterocycles. The van der Waals surface area contributed by atoms with Crippen LogP contribution in [0.4, 0.5) is 0 Å². The normalized spacial score (nSPS) is 10.7. The number of aromatic hydroxyl groups is 1. The Morgan fingerprint density at radius 3 is 2.87 bits per heavy atom. The molecule has 0 atom stereocenters. The predicted octanol–water partition coefficient (Wildman–Crippen LogP) is -0.609. The molecule has 0 aliphatic carbocycles. The van der Waals surface area contributed by atoms with Gasteiger partial charge in [0.15, 0.2) is 0 Å². The van der Waals surface area contributed by atoms with Gasteiger partial charge in [-0.25, -0.2) is 4.79 Å². The number of aromatic amines is 2. The number of ether oxygens (including phenoxy) is 1. The summed E-state index contributed by atoms with van der Waals surface area (Å²) in [4.78, 5) is 29.6. The first kappa shape index (κ1) is 11.0. The van der Waals surface area contributed by atoms with Crippen LogP contribution in [0.5, 0.6) is 5.88 Å². The van der Waals surface area contributed by atoms with Crippen LogP contribution < -0.4 is 5.69 Å². The highest BCUT2D eigenvalue weighted by atomic mass is 16.5. The molecule has 1 rings (SSSR count). The van der Waals surface area contributed by atoms with E-state index < -0.39 is 11.7 Å². The number of hydrogen-bond donors (Lipinski definition) is 3. The van der Waals surface area contributed by atoms with E-state index >= 15 is 0 Å². The SMILES string of the molecule is CCOC(=O)CN=Cc1[nH]c(=O)[nH]c1O. The van der Waals surface area contributed by atoms with Crippen molar-refractivity contribution in [3.05, 3.63) is 16.2 Å². The Morgan fingerprint density at radius 2 is 2.33 bits per heavy atom. The maximum absolute atomic E-state index is 10.8. The molecule has 0 bridgehead atoms. The molecular formula is C8H11N3O4. The zero-order valence-electron chi connectivity index (χ0n) is 8.11. The van der Waals surface area contributed by atoms with Crippen LogP contribution in [-0.2, 0) is 9.53 Å². The zero-order valence-corrected chi connectivity index (χ0v) is 8.11. The van der Waals surface area contributed by atoms with Crippen LogP contribution in [0.3, 0.4) is 0 Å². The van der Waals surface area contributed by atoms with Gasteiger partial charge in [0, 0.05) is 0 Å². The summed E-state index contributed by atoms with van der Waals surface area (Å²) in [6, 6.07) is 0. The Hall–Kier alpha value is -2.05. The average molecular weight is 213 g/mol. The lowest BCUT2D eigenvalue weighted by Crippen LogP contribution is -2.07. The van der Waals surface area contributed by atoms with Gasteiger partial charge in [0.1, 0.15) is 12.2 Å². The second kappa shape index (κ2) is 4.99. The number of imidazole rings is 1. The van der Waals surface area contributed by atoms with Crippen LogP contribution in [0.2, 0.25) is 0 Å². The van der Waals surface area contributed by atoms with Gasteiger partial charge in [-0.15, -0.1) is 0 Å². The van der Waals surface area contributed by atoms with Crippen molar-refractivity contribution >= 4 is 12.2 Å². The standard InChI is InChI=1S/C8H11N3O4/c1-2-15-6(12)4-9-3-5-7(13)11-8(14)10-5/h3,13H,2,4H2,1H3,(H2,10,11,14). The molecular weight excluding hydrogens is 202 g/mol. The maximum atomic E-state index is 10.8. The predicted molar refractivity (Wildman–Crippen MR) is 52.2 cm³/mol. The summed E-state index contributed by atoms with van der Waals surface area (Å²) in [6.45, 7) is 1.83. The molecule has 0 aromatic carbocycles. The van der Waals surface area contributed by atoms with Crippen molar-refractivity contribution in [3.63, 3.8) is 0 Å². The van der Waals surface area contributed by atoms with Crippen molar-refractivity contribution in [1.82, 2.24) is 9.97 Å². The van der Waals surface area contributed by atoms with Crippen molar-refractivity contribution in [3.8, 4) is 5.88 Å². The van der Waals surface area contributed by atoms with Gasteiger partial charge in [0.2, 0.25) is 5.88 Å². The second-order valence-electron chi connectivity index (χ2n) is 2.62. The van der Waals surface area contributed by atoms with Crippen LogP contribution in [0.1, 0.15) is 12.6 Å². The first-order valence-corrected chi connectivity index (χ1v) is 4.30. The number of aromatic nitrogens is 2. The minimum Gasteiger partial charge on any atom is -0.493 e. The lowest BCUT2D eigenvalue weighted by atomic mass is 10.5. The van der Waals surface area contributed by atoms with Crippen molar-refractivity contribution in [1.29, 1.82) is 0 Å². The molecule has 3 N–H and O–H groups in total. The van der Waals surface area contributed by atoms with Crippen molar-refractivity contribution < 1.29 is 14.6 Å². The number of esters is 1. The molecule has 0 aliphatic rings. The van der Waals surface area contributed by atoms with Crippen LogP contribution in [0.25, 0.3) is 0 Å². The fraction of sp³-hybridized carbons (Fsp3) is 0.375. The molecule has 0 spiro atoms. The first-order chi connectivity index (χ1) is 7.13. The summed E-state index contributed by atoms with van der Waals surface area (Å²) in [5, 5.41) is 9.11. The average Bonchev–Trinajstić information content (AvgIpc) is 2.46. The summed E-state index contributed by atoms with van der Waals surface area (Å²) in [5.74, 6) is -0.779. The highest BCUT2D eigenvalue weighted by molar-refractivity contribution is 5.82. The third-order valence-electron chi connectivity index (χ3n) is 1.48. The van der Waals surface area contributed by atoms with Gasteiger partial charge >= 0.3 is 11.7 Å². The fourth-order valence-electron chi connectivity index (χ4n) is 0.899. The van der Waals surface area contributed by atoms with E-state index in [9.17, 15) is 9.59 Å². The molecule has 1 heterocycles. The van der Waals surface area contributed by atoms with Crippen LogP contribution in [0, 0.1) is 0 Å². The number of hydrogen-bond acceptors (Lipinski definition) is 5. The number of H-pyrrole nitrogens is 2. The fourth-order valence-corrected chi connectivity index (χ4v) is 0.899. The van der Waals surface area contributed by atoms with E-state index in [0.717, 1.165) is 0 Å². The van der Waals surface area contributed by atoms with E-state index in [1.165, 1.54) is 6.21 Å². The van der Waals surface area contributed by atoms with E-state index in [1.807, 2.05) is 0 Å². The molecule has 0 unspecified atom stereocenters. The largest absolute Gasteiger partial charge is 0.493 e. The van der Waals surface area contributed by atoms with Crippen molar-refractivity contribution in [2.24, 2.45) is 4.99 Å². The Labute approximate surface area is 84.8 Å². The Bertz CT molecular complexity index is 418. The van der Waals surface area contributed by atoms with E-state index in [-0.39, 0.29) is 18.1 Å². The van der Waals surface area contributed by atoms with E-state index in [0.29, 0.717) is 6.61 Å². The van der Waals surface area contributed by atoms with Gasteiger partial charge in [-0.3, -0.25) is 14.8 Å². The zero-order chi connectivity index (χ0) is 11.3. The first-order valence-electron chi connectivity index (χ1n) is 4.30. The molecule has 0 fully saturated rings. The molecule has 0 saturated carbocycles. The molecule has 82 valence electrons. The van der Waals surface area contributed by atoms with Crippen LogP contribution in [-0.4, -0.2) is 40.4 Å². The van der Waals surface area contributed by atoms with E-state index in [2.05, 4.69) is 19.7 Å². The Balaban J connectivity index is 2.55. The third kappa shape index (κ3) is 3.29. The molecule has 1 aromatic rings. The monoisotopic (exact) mass is 213 g/mol. The Kier molecular flexibility index (Phi) is 3.67. The summed E-state index contributed by atoms with van der Waals surface area (Å²) >= 11 is 0.